The van der Waals surface area contributed by atoms with Crippen molar-refractivity contribution in [2.45, 2.75) is 25.3 Å². The molecule has 1 aliphatic heterocycles. The molecule has 1 amide bonds. The van der Waals surface area contributed by atoms with Crippen LogP contribution in [0.3, 0.4) is 0 Å². The van der Waals surface area contributed by atoms with Gasteiger partial charge in [0.25, 0.3) is 0 Å². The van der Waals surface area contributed by atoms with E-state index in [0.29, 0.717) is 17.7 Å². The molecular formula is C23H23N7OS. The van der Waals surface area contributed by atoms with Gasteiger partial charge in [0.2, 0.25) is 5.91 Å². The third-order valence-corrected chi connectivity index (χ3v) is 7.79. The van der Waals surface area contributed by atoms with E-state index in [-0.39, 0.29) is 11.9 Å². The van der Waals surface area contributed by atoms with E-state index in [1.54, 1.807) is 11.3 Å². The number of hydrogen-bond donors (Lipinski definition) is 1. The highest BCUT2D eigenvalue weighted by Gasteiger charge is 2.40. The van der Waals surface area contributed by atoms with Crippen molar-refractivity contribution >= 4 is 44.3 Å². The number of thiazole rings is 1. The minimum Gasteiger partial charge on any atom is -0.383 e. The lowest BCUT2D eigenvalue weighted by atomic mass is 9.89. The molecule has 32 heavy (non-hydrogen) atoms. The molecule has 1 saturated heterocycles. The van der Waals surface area contributed by atoms with E-state index >= 15 is 0 Å². The van der Waals surface area contributed by atoms with Gasteiger partial charge in [0.15, 0.2) is 5.65 Å². The minimum atomic E-state index is 0.0256. The predicted octanol–water partition coefficient (Wildman–Crippen LogP) is 3.67. The van der Waals surface area contributed by atoms with Gasteiger partial charge in [-0.1, -0.05) is 12.6 Å². The molecular weight excluding hydrogens is 422 g/mol. The van der Waals surface area contributed by atoms with Crippen LogP contribution in [0.2, 0.25) is 0 Å². The summed E-state index contributed by atoms with van der Waals surface area (Å²) in [5.41, 5.74) is 11.7. The van der Waals surface area contributed by atoms with Crippen LogP contribution < -0.4 is 5.73 Å². The molecule has 0 spiro atoms. The maximum absolute atomic E-state index is 12.1. The average Bonchev–Trinajstić information content (AvgIpc) is 3.53. The molecule has 6 rings (SSSR count). The molecule has 2 aliphatic rings. The number of rotatable bonds is 3. The first-order valence-electron chi connectivity index (χ1n) is 10.9. The van der Waals surface area contributed by atoms with Gasteiger partial charge in [-0.25, -0.2) is 19.6 Å². The lowest BCUT2D eigenvalue weighted by Crippen LogP contribution is -2.41. The number of carbonyl (C=O) groups is 1. The first-order valence-corrected chi connectivity index (χ1v) is 11.7. The van der Waals surface area contributed by atoms with Crippen LogP contribution >= 0.6 is 11.3 Å². The summed E-state index contributed by atoms with van der Waals surface area (Å²) in [6.45, 7) is 5.23. The van der Waals surface area contributed by atoms with Crippen molar-refractivity contribution in [3.63, 3.8) is 0 Å². The van der Waals surface area contributed by atoms with Crippen molar-refractivity contribution < 1.29 is 4.79 Å². The number of likely N-dealkylation sites (tertiary alicyclic amines) is 1. The number of hydrogen-bond acceptors (Lipinski definition) is 7. The molecule has 3 unspecified atom stereocenters. The highest BCUT2D eigenvalue weighted by atomic mass is 32.1. The Morgan fingerprint density at radius 3 is 2.97 bits per heavy atom. The van der Waals surface area contributed by atoms with Crippen LogP contribution in [0.1, 0.15) is 25.3 Å². The Hall–Kier alpha value is -3.33. The van der Waals surface area contributed by atoms with Crippen LogP contribution in [0.4, 0.5) is 5.82 Å². The van der Waals surface area contributed by atoms with Gasteiger partial charge in [-0.05, 0) is 49.3 Å². The lowest BCUT2D eigenvalue weighted by Gasteiger charge is -2.34. The van der Waals surface area contributed by atoms with E-state index in [0.717, 1.165) is 64.9 Å². The van der Waals surface area contributed by atoms with E-state index in [1.807, 2.05) is 22.5 Å². The van der Waals surface area contributed by atoms with Crippen LogP contribution in [-0.2, 0) is 4.79 Å². The Labute approximate surface area is 188 Å². The van der Waals surface area contributed by atoms with Crippen LogP contribution in [0.5, 0.6) is 0 Å². The van der Waals surface area contributed by atoms with Crippen molar-refractivity contribution in [1.82, 2.24) is 29.6 Å². The van der Waals surface area contributed by atoms with E-state index in [2.05, 4.69) is 32.3 Å². The topological polar surface area (TPSA) is 103 Å². The summed E-state index contributed by atoms with van der Waals surface area (Å²) in [7, 11) is 0. The van der Waals surface area contributed by atoms with E-state index in [1.165, 1.54) is 12.4 Å². The highest BCUT2D eigenvalue weighted by molar-refractivity contribution is 7.16. The molecule has 8 nitrogen and oxygen atoms in total. The fraction of sp³-hybridized carbons (Fsp3) is 0.348. The van der Waals surface area contributed by atoms with E-state index in [9.17, 15) is 4.79 Å². The SMILES string of the molecule is C=CC(=O)N1CCC2CC(n3nc(-c4ccc5ncsc5c4)c4c(N)ncnc43)CC2C1. The van der Waals surface area contributed by atoms with Gasteiger partial charge in [-0.3, -0.25) is 4.79 Å². The van der Waals surface area contributed by atoms with Gasteiger partial charge in [0.1, 0.15) is 17.8 Å². The maximum Gasteiger partial charge on any atom is 0.245 e. The summed E-state index contributed by atoms with van der Waals surface area (Å²) in [6.07, 6.45) is 5.96. The Bertz CT molecular complexity index is 1360. The molecule has 0 bridgehead atoms. The van der Waals surface area contributed by atoms with Gasteiger partial charge in [-0.2, -0.15) is 5.10 Å². The number of nitrogens with two attached hydrogens (primary N) is 1. The van der Waals surface area contributed by atoms with Crippen molar-refractivity contribution in [2.24, 2.45) is 11.8 Å². The number of benzene rings is 1. The summed E-state index contributed by atoms with van der Waals surface area (Å²) < 4.78 is 3.16. The monoisotopic (exact) mass is 445 g/mol. The Balaban J connectivity index is 1.40. The average molecular weight is 446 g/mol. The molecule has 9 heteroatoms. The van der Waals surface area contributed by atoms with Crippen LogP contribution in [-0.4, -0.2) is 48.6 Å². The number of amides is 1. The summed E-state index contributed by atoms with van der Waals surface area (Å²) in [5.74, 6) is 1.52. The zero-order valence-electron chi connectivity index (χ0n) is 17.5. The Morgan fingerprint density at radius 2 is 2.09 bits per heavy atom. The molecule has 0 radical (unpaired) electrons. The van der Waals surface area contributed by atoms with Crippen LogP contribution in [0.15, 0.2) is 42.7 Å². The van der Waals surface area contributed by atoms with Crippen molar-refractivity contribution in [1.29, 1.82) is 0 Å². The molecule has 2 N–H and O–H groups in total. The third kappa shape index (κ3) is 2.99. The zero-order valence-corrected chi connectivity index (χ0v) is 18.3. The summed E-state index contributed by atoms with van der Waals surface area (Å²) in [6, 6.07) is 6.38. The van der Waals surface area contributed by atoms with Gasteiger partial charge < -0.3 is 10.6 Å². The van der Waals surface area contributed by atoms with Crippen LogP contribution in [0.25, 0.3) is 32.5 Å². The number of nitrogens with zero attached hydrogens (tertiary/aromatic N) is 6. The fourth-order valence-electron chi connectivity index (χ4n) is 5.44. The maximum atomic E-state index is 12.1. The third-order valence-electron chi connectivity index (χ3n) is 7.00. The highest BCUT2D eigenvalue weighted by Crippen LogP contribution is 2.45. The number of aromatic nitrogens is 5. The van der Waals surface area contributed by atoms with Gasteiger partial charge in [0.05, 0.1) is 27.2 Å². The summed E-state index contributed by atoms with van der Waals surface area (Å²) in [5, 5.41) is 5.84. The standard InChI is InChI=1S/C23H23N7OS/c1-2-19(31)29-6-5-13-7-16(8-15(13)10-29)30-23-20(22(24)25-11-26-23)21(28-30)14-3-4-17-18(9-14)32-12-27-17/h2-4,9,11-13,15-16H,1,5-8,10H2,(H2,24,25,26). The smallest absolute Gasteiger partial charge is 0.245 e. The lowest BCUT2D eigenvalue weighted by molar-refractivity contribution is -0.128. The second-order valence-corrected chi connectivity index (χ2v) is 9.59. The van der Waals surface area contributed by atoms with Gasteiger partial charge in [0, 0.05) is 18.7 Å². The molecule has 1 aliphatic carbocycles. The number of nitrogen functional groups attached to an aromatic ring is 1. The normalized spacial score (nSPS) is 23.0. The summed E-state index contributed by atoms with van der Waals surface area (Å²) >= 11 is 1.61. The van der Waals surface area contributed by atoms with E-state index < -0.39 is 0 Å². The number of anilines is 1. The molecule has 1 aromatic carbocycles. The van der Waals surface area contributed by atoms with Crippen molar-refractivity contribution in [3.8, 4) is 11.3 Å². The number of piperidine rings is 1. The second-order valence-electron chi connectivity index (χ2n) is 8.71. The largest absolute Gasteiger partial charge is 0.383 e. The summed E-state index contributed by atoms with van der Waals surface area (Å²) in [4.78, 5) is 27.2. The molecule has 4 aromatic rings. The van der Waals surface area contributed by atoms with Crippen molar-refractivity contribution in [2.75, 3.05) is 18.8 Å². The van der Waals surface area contributed by atoms with E-state index in [4.69, 9.17) is 10.8 Å². The van der Waals surface area contributed by atoms with Crippen molar-refractivity contribution in [3.05, 3.63) is 42.7 Å². The number of carbonyl (C=O) groups excluding carboxylic acids is 1. The predicted molar refractivity (Wildman–Crippen MR) is 125 cm³/mol. The number of fused-ring (bicyclic) bond motifs is 3. The molecule has 1 saturated carbocycles. The Kier molecular flexibility index (Phi) is 4.46. The Morgan fingerprint density at radius 1 is 1.22 bits per heavy atom. The minimum absolute atomic E-state index is 0.0256. The zero-order chi connectivity index (χ0) is 21.8. The second kappa shape index (κ2) is 7.37. The molecule has 2 fully saturated rings. The molecule has 162 valence electrons. The molecule has 3 aromatic heterocycles. The first kappa shape index (κ1) is 19.4. The quantitative estimate of drug-likeness (QED) is 0.483. The molecule has 3 atom stereocenters. The van der Waals surface area contributed by atoms with Crippen LogP contribution in [0, 0.1) is 11.8 Å². The van der Waals surface area contributed by atoms with Gasteiger partial charge >= 0.3 is 0 Å². The fourth-order valence-corrected chi connectivity index (χ4v) is 6.15. The first-order chi connectivity index (χ1) is 15.6. The van der Waals surface area contributed by atoms with Gasteiger partial charge in [-0.15, -0.1) is 11.3 Å². The molecule has 4 heterocycles.